The average molecular weight is 367 g/mol. The van der Waals surface area contributed by atoms with Crippen molar-refractivity contribution in [2.45, 2.75) is 32.6 Å². The van der Waals surface area contributed by atoms with E-state index in [0.29, 0.717) is 23.2 Å². The molecule has 1 aromatic carbocycles. The molecule has 1 N–H and O–H groups in total. The van der Waals surface area contributed by atoms with E-state index < -0.39 is 10.8 Å². The van der Waals surface area contributed by atoms with E-state index in [4.69, 9.17) is 0 Å². The summed E-state index contributed by atoms with van der Waals surface area (Å²) in [5.74, 6) is 0.355. The van der Waals surface area contributed by atoms with Gasteiger partial charge in [0.15, 0.2) is 0 Å². The Bertz CT molecular complexity index is 723. The van der Waals surface area contributed by atoms with Crippen LogP contribution in [0.25, 0.3) is 10.1 Å². The molecule has 0 saturated carbocycles. The molecule has 2 atom stereocenters. The topological polar surface area (TPSA) is 49.4 Å². The highest BCUT2D eigenvalue weighted by atomic mass is 32.2. The van der Waals surface area contributed by atoms with E-state index in [9.17, 15) is 9.00 Å². The maximum Gasteiger partial charge on any atom is 0.261 e. The van der Waals surface area contributed by atoms with Gasteiger partial charge in [-0.2, -0.15) is 0 Å². The Morgan fingerprint density at radius 3 is 2.58 bits per heavy atom. The van der Waals surface area contributed by atoms with E-state index in [1.165, 1.54) is 11.3 Å². The van der Waals surface area contributed by atoms with Crippen molar-refractivity contribution in [1.29, 1.82) is 0 Å². The van der Waals surface area contributed by atoms with Crippen LogP contribution >= 0.6 is 11.3 Å². The van der Waals surface area contributed by atoms with Gasteiger partial charge in [0.1, 0.15) is 0 Å². The van der Waals surface area contributed by atoms with Gasteiger partial charge in [-0.1, -0.05) is 32.0 Å². The van der Waals surface area contributed by atoms with Gasteiger partial charge in [0.2, 0.25) is 0 Å². The minimum Gasteiger partial charge on any atom is -0.350 e. The summed E-state index contributed by atoms with van der Waals surface area (Å²) < 4.78 is 12.8. The first-order valence-electron chi connectivity index (χ1n) is 8.30. The molecule has 2 rings (SSSR count). The zero-order valence-corrected chi connectivity index (χ0v) is 16.4. The van der Waals surface area contributed by atoms with Crippen LogP contribution in [0, 0.1) is 0 Å². The Labute approximate surface area is 150 Å². The van der Waals surface area contributed by atoms with Crippen molar-refractivity contribution in [3.63, 3.8) is 0 Å². The van der Waals surface area contributed by atoms with Crippen LogP contribution in [-0.2, 0) is 16.6 Å². The van der Waals surface area contributed by atoms with Gasteiger partial charge in [-0.25, -0.2) is 0 Å². The van der Waals surface area contributed by atoms with Crippen LogP contribution < -0.4 is 5.32 Å². The Morgan fingerprint density at radius 2 is 1.96 bits per heavy atom. The predicted octanol–water partition coefficient (Wildman–Crippen LogP) is 3.24. The third-order valence-corrected chi connectivity index (χ3v) is 6.15. The number of nitrogens with zero attached hydrogens (tertiary/aromatic N) is 1. The number of amides is 1. The van der Waals surface area contributed by atoms with E-state index >= 15 is 0 Å². The first kappa shape index (κ1) is 19.1. The summed E-state index contributed by atoms with van der Waals surface area (Å²) >= 11 is 1.49. The fraction of sp³-hybridized carbons (Fsp3) is 0.500. The summed E-state index contributed by atoms with van der Waals surface area (Å²) in [6.07, 6.45) is 1.68. The van der Waals surface area contributed by atoms with Crippen LogP contribution in [0.3, 0.4) is 0 Å². The number of benzene rings is 1. The number of rotatable bonds is 8. The van der Waals surface area contributed by atoms with Gasteiger partial charge in [0.05, 0.1) is 10.6 Å². The lowest BCUT2D eigenvalue weighted by atomic mass is 10.1. The zero-order valence-electron chi connectivity index (χ0n) is 14.8. The maximum atomic E-state index is 12.7. The van der Waals surface area contributed by atoms with Crippen LogP contribution in [0.2, 0.25) is 0 Å². The molecule has 1 heterocycles. The van der Waals surface area contributed by atoms with Crippen LogP contribution in [0.1, 0.15) is 36.0 Å². The molecule has 6 heteroatoms. The second kappa shape index (κ2) is 8.74. The molecule has 2 unspecified atom stereocenters. The van der Waals surface area contributed by atoms with Gasteiger partial charge in [-0.15, -0.1) is 11.3 Å². The van der Waals surface area contributed by atoms with Gasteiger partial charge in [-0.05, 0) is 37.0 Å². The van der Waals surface area contributed by atoms with Crippen LogP contribution in [0.15, 0.2) is 24.3 Å². The molecule has 0 bridgehead atoms. The second-order valence-electron chi connectivity index (χ2n) is 5.90. The molecule has 1 amide bonds. The largest absolute Gasteiger partial charge is 0.350 e. The molecule has 1 aromatic heterocycles. The molecule has 2 aromatic rings. The van der Waals surface area contributed by atoms with Crippen molar-refractivity contribution < 1.29 is 9.00 Å². The molecule has 0 spiro atoms. The molecule has 24 heavy (non-hydrogen) atoms. The number of carbonyl (C=O) groups excluding carboxylic acids is 1. The van der Waals surface area contributed by atoms with Crippen molar-refractivity contribution in [2.24, 2.45) is 0 Å². The lowest BCUT2D eigenvalue weighted by Gasteiger charge is -2.26. The first-order valence-corrected chi connectivity index (χ1v) is 10.8. The molecule has 132 valence electrons. The standard InChI is InChI=1S/C18H26N2O2S2/c1-5-20(6-2)13(3)11-19-18(21)17-15(12-24(4)22)14-9-7-8-10-16(14)23-17/h7-10,13H,5-6,11-12H2,1-4H3,(H,19,21). The van der Waals surface area contributed by atoms with Crippen LogP contribution in [0.5, 0.6) is 0 Å². The smallest absolute Gasteiger partial charge is 0.261 e. The molecule has 0 saturated heterocycles. The number of likely N-dealkylation sites (N-methyl/N-ethyl adjacent to an activating group) is 1. The maximum absolute atomic E-state index is 12.7. The number of hydrogen-bond donors (Lipinski definition) is 1. The Hall–Kier alpha value is -1.24. The SMILES string of the molecule is CCN(CC)C(C)CNC(=O)c1sc2ccccc2c1CS(C)=O. The van der Waals surface area contributed by atoms with Gasteiger partial charge in [-0.3, -0.25) is 13.9 Å². The lowest BCUT2D eigenvalue weighted by molar-refractivity contribution is 0.0941. The number of thiophene rings is 1. The summed E-state index contributed by atoms with van der Waals surface area (Å²) in [7, 11) is -0.982. The van der Waals surface area contributed by atoms with Crippen molar-refractivity contribution in [3.05, 3.63) is 34.7 Å². The highest BCUT2D eigenvalue weighted by molar-refractivity contribution is 7.83. The molecular weight excluding hydrogens is 340 g/mol. The lowest BCUT2D eigenvalue weighted by Crippen LogP contribution is -2.42. The van der Waals surface area contributed by atoms with Crippen LogP contribution in [-0.4, -0.2) is 46.9 Å². The monoisotopic (exact) mass is 366 g/mol. The van der Waals surface area contributed by atoms with Crippen LogP contribution in [0.4, 0.5) is 0 Å². The zero-order chi connectivity index (χ0) is 17.7. The Balaban J connectivity index is 2.21. The number of hydrogen-bond acceptors (Lipinski definition) is 4. The highest BCUT2D eigenvalue weighted by Crippen LogP contribution is 2.32. The molecule has 0 radical (unpaired) electrons. The molecule has 0 aliphatic carbocycles. The normalized spacial score (nSPS) is 14.0. The van der Waals surface area contributed by atoms with Gasteiger partial charge >= 0.3 is 0 Å². The fourth-order valence-corrected chi connectivity index (χ4v) is 4.86. The van der Waals surface area contributed by atoms with Gasteiger partial charge < -0.3 is 5.32 Å². The quantitative estimate of drug-likeness (QED) is 0.780. The highest BCUT2D eigenvalue weighted by Gasteiger charge is 2.20. The van der Waals surface area contributed by atoms with E-state index in [1.807, 2.05) is 24.3 Å². The average Bonchev–Trinajstić information content (AvgIpc) is 2.92. The van der Waals surface area contributed by atoms with Gasteiger partial charge in [0, 0.05) is 34.3 Å². The molecule has 0 aliphatic heterocycles. The minimum atomic E-state index is -0.982. The number of nitrogens with one attached hydrogen (secondary N) is 1. The molecular formula is C18H26N2O2S2. The van der Waals surface area contributed by atoms with Gasteiger partial charge in [0.25, 0.3) is 5.91 Å². The summed E-state index contributed by atoms with van der Waals surface area (Å²) in [5, 5.41) is 4.09. The summed E-state index contributed by atoms with van der Waals surface area (Å²) in [6.45, 7) is 8.93. The minimum absolute atomic E-state index is 0.0596. The number of fused-ring (bicyclic) bond motifs is 1. The predicted molar refractivity (Wildman–Crippen MR) is 104 cm³/mol. The van der Waals surface area contributed by atoms with Crippen molar-refractivity contribution >= 4 is 38.1 Å². The van der Waals surface area contributed by atoms with E-state index in [2.05, 4.69) is 31.0 Å². The Kier molecular flexibility index (Phi) is 6.95. The first-order chi connectivity index (χ1) is 11.5. The Morgan fingerprint density at radius 1 is 1.29 bits per heavy atom. The van der Waals surface area contributed by atoms with E-state index in [0.717, 1.165) is 28.7 Å². The number of carbonyl (C=O) groups is 1. The van der Waals surface area contributed by atoms with E-state index in [-0.39, 0.29) is 5.91 Å². The molecule has 0 fully saturated rings. The van der Waals surface area contributed by atoms with E-state index in [1.54, 1.807) is 6.26 Å². The summed E-state index contributed by atoms with van der Waals surface area (Å²) in [5.41, 5.74) is 0.907. The third-order valence-electron chi connectivity index (χ3n) is 4.25. The summed E-state index contributed by atoms with van der Waals surface area (Å²) in [6, 6.07) is 8.24. The van der Waals surface area contributed by atoms with Crippen molar-refractivity contribution in [2.75, 3.05) is 25.9 Å². The van der Waals surface area contributed by atoms with Crippen molar-refractivity contribution in [1.82, 2.24) is 10.2 Å². The fourth-order valence-electron chi connectivity index (χ4n) is 2.93. The molecule has 0 aliphatic rings. The third kappa shape index (κ3) is 4.43. The molecule has 4 nitrogen and oxygen atoms in total. The second-order valence-corrected chi connectivity index (χ2v) is 8.39. The summed E-state index contributed by atoms with van der Waals surface area (Å²) in [4.78, 5) is 15.7. The van der Waals surface area contributed by atoms with Crippen molar-refractivity contribution in [3.8, 4) is 0 Å².